The minimum atomic E-state index is -0.440. The molecule has 0 aromatic carbocycles. The van der Waals surface area contributed by atoms with Crippen LogP contribution in [-0.2, 0) is 0 Å². The summed E-state index contributed by atoms with van der Waals surface area (Å²) in [6.45, 7) is 0. The smallest absolute Gasteiger partial charge is 0.215 e. The summed E-state index contributed by atoms with van der Waals surface area (Å²) in [5.41, 5.74) is 0.435. The van der Waals surface area contributed by atoms with Crippen LogP contribution in [0.3, 0.4) is 0 Å². The van der Waals surface area contributed by atoms with Gasteiger partial charge in [-0.25, -0.2) is 8.91 Å². The van der Waals surface area contributed by atoms with Gasteiger partial charge in [-0.2, -0.15) is 4.98 Å². The van der Waals surface area contributed by atoms with Crippen LogP contribution in [0, 0.1) is 5.82 Å². The number of pyridine rings is 1. The molecule has 0 aliphatic rings. The van der Waals surface area contributed by atoms with Gasteiger partial charge in [0.05, 0.1) is 11.2 Å². The average Bonchev–Trinajstić information content (AvgIpc) is 2.29. The molecule has 2 rings (SSSR count). The second-order valence-corrected chi connectivity index (χ2v) is 3.27. The summed E-state index contributed by atoms with van der Waals surface area (Å²) in [7, 11) is 0. The summed E-state index contributed by atoms with van der Waals surface area (Å²) < 4.78 is 14.4. The van der Waals surface area contributed by atoms with Gasteiger partial charge in [0.1, 0.15) is 5.82 Å². The van der Waals surface area contributed by atoms with Crippen molar-refractivity contribution in [3.05, 3.63) is 27.8 Å². The molecular weight excluding hydrogens is 248 g/mol. The Kier molecular flexibility index (Phi) is 1.77. The van der Waals surface area contributed by atoms with Crippen molar-refractivity contribution in [1.29, 1.82) is 0 Å². The number of fused-ring (bicyclic) bond motifs is 1. The van der Waals surface area contributed by atoms with Crippen LogP contribution < -0.4 is 0 Å². The van der Waals surface area contributed by atoms with E-state index in [1.165, 1.54) is 16.8 Å². The van der Waals surface area contributed by atoms with Gasteiger partial charge in [0, 0.05) is 0 Å². The van der Waals surface area contributed by atoms with E-state index < -0.39 is 5.82 Å². The van der Waals surface area contributed by atoms with E-state index >= 15 is 0 Å². The molecule has 0 fully saturated rings. The third kappa shape index (κ3) is 1.19. The highest BCUT2D eigenvalue weighted by molar-refractivity contribution is 9.10. The van der Waals surface area contributed by atoms with E-state index in [0.29, 0.717) is 10.4 Å². The second kappa shape index (κ2) is 2.67. The Bertz CT molecular complexity index is 442. The lowest BCUT2D eigenvalue weighted by Gasteiger charge is -1.93. The molecule has 12 heavy (non-hydrogen) atoms. The van der Waals surface area contributed by atoms with E-state index in [-0.39, 0.29) is 5.02 Å². The lowest BCUT2D eigenvalue weighted by Crippen LogP contribution is -1.89. The van der Waals surface area contributed by atoms with Crippen LogP contribution in [0.5, 0.6) is 0 Å². The molecule has 3 nitrogen and oxygen atoms in total. The number of hydrogen-bond acceptors (Lipinski definition) is 2. The molecule has 62 valence electrons. The zero-order valence-electron chi connectivity index (χ0n) is 5.63. The van der Waals surface area contributed by atoms with Crippen molar-refractivity contribution in [2.24, 2.45) is 0 Å². The van der Waals surface area contributed by atoms with E-state index in [0.717, 1.165) is 0 Å². The van der Waals surface area contributed by atoms with E-state index in [4.69, 9.17) is 11.6 Å². The number of nitrogens with zero attached hydrogens (tertiary/aromatic N) is 3. The molecule has 6 heteroatoms. The van der Waals surface area contributed by atoms with Crippen LogP contribution in [0.15, 0.2) is 17.0 Å². The lowest BCUT2D eigenvalue weighted by molar-refractivity contribution is 0.614. The molecule has 0 N–H and O–H groups in total. The van der Waals surface area contributed by atoms with Gasteiger partial charge >= 0.3 is 0 Å². The van der Waals surface area contributed by atoms with Crippen molar-refractivity contribution >= 4 is 33.2 Å². The van der Waals surface area contributed by atoms with Crippen molar-refractivity contribution in [3.8, 4) is 0 Å². The van der Waals surface area contributed by atoms with Gasteiger partial charge in [-0.1, -0.05) is 11.6 Å². The Balaban J connectivity index is 2.88. The van der Waals surface area contributed by atoms with Crippen LogP contribution in [0.25, 0.3) is 5.65 Å². The molecule has 0 saturated heterocycles. The first kappa shape index (κ1) is 7.94. The first-order chi connectivity index (χ1) is 5.66. The SMILES string of the molecule is Fc1cc(Cl)c2nc(Br)nn2c1. The molecule has 0 radical (unpaired) electrons. The quantitative estimate of drug-likeness (QED) is 0.718. The molecule has 0 spiro atoms. The van der Waals surface area contributed by atoms with Crippen LogP contribution in [0.4, 0.5) is 4.39 Å². The lowest BCUT2D eigenvalue weighted by atomic mass is 10.5. The number of hydrogen-bond donors (Lipinski definition) is 0. The number of rotatable bonds is 0. The predicted molar refractivity (Wildman–Crippen MR) is 45.7 cm³/mol. The summed E-state index contributed by atoms with van der Waals surface area (Å²) in [5.74, 6) is -0.440. The standard InChI is InChI=1S/C6H2BrClFN3/c7-6-10-5-4(8)1-3(9)2-12(5)11-6/h1-2H. The third-order valence-corrected chi connectivity index (χ3v) is 1.94. The fraction of sp³-hybridized carbons (Fsp3) is 0. The monoisotopic (exact) mass is 249 g/mol. The van der Waals surface area contributed by atoms with Gasteiger partial charge in [0.25, 0.3) is 0 Å². The van der Waals surface area contributed by atoms with Gasteiger partial charge < -0.3 is 0 Å². The summed E-state index contributed by atoms with van der Waals surface area (Å²) in [6, 6.07) is 1.19. The molecule has 2 aromatic heterocycles. The topological polar surface area (TPSA) is 30.2 Å². The summed E-state index contributed by atoms with van der Waals surface area (Å²) in [4.78, 5) is 3.92. The molecule has 2 heterocycles. The van der Waals surface area contributed by atoms with E-state index in [2.05, 4.69) is 26.0 Å². The minimum Gasteiger partial charge on any atom is -0.215 e. The maximum Gasteiger partial charge on any atom is 0.218 e. The van der Waals surface area contributed by atoms with Gasteiger partial charge in [0.2, 0.25) is 4.73 Å². The Morgan fingerprint density at radius 1 is 1.58 bits per heavy atom. The summed E-state index contributed by atoms with van der Waals surface area (Å²) in [5, 5.41) is 4.08. The van der Waals surface area contributed by atoms with E-state index in [9.17, 15) is 4.39 Å². The van der Waals surface area contributed by atoms with Gasteiger partial charge in [-0.3, -0.25) is 0 Å². The van der Waals surface area contributed by atoms with Crippen molar-refractivity contribution in [2.75, 3.05) is 0 Å². The summed E-state index contributed by atoms with van der Waals surface area (Å²) >= 11 is 8.75. The van der Waals surface area contributed by atoms with Crippen molar-refractivity contribution in [1.82, 2.24) is 14.6 Å². The largest absolute Gasteiger partial charge is 0.218 e. The maximum absolute atomic E-state index is 12.7. The molecule has 2 aromatic rings. The van der Waals surface area contributed by atoms with Gasteiger partial charge in [0.15, 0.2) is 5.65 Å². The Morgan fingerprint density at radius 3 is 3.08 bits per heavy atom. The van der Waals surface area contributed by atoms with Gasteiger partial charge in [-0.05, 0) is 22.0 Å². The normalized spacial score (nSPS) is 10.9. The van der Waals surface area contributed by atoms with Crippen molar-refractivity contribution < 1.29 is 4.39 Å². The van der Waals surface area contributed by atoms with Crippen LogP contribution in [0.1, 0.15) is 0 Å². The van der Waals surface area contributed by atoms with Crippen LogP contribution in [0.2, 0.25) is 5.02 Å². The Labute approximate surface area is 80.3 Å². The van der Waals surface area contributed by atoms with Crippen molar-refractivity contribution in [3.63, 3.8) is 0 Å². The van der Waals surface area contributed by atoms with E-state index in [1.54, 1.807) is 0 Å². The van der Waals surface area contributed by atoms with E-state index in [1.807, 2.05) is 0 Å². The summed E-state index contributed by atoms with van der Waals surface area (Å²) in [6.07, 6.45) is 1.21. The number of aromatic nitrogens is 3. The number of halogens is 3. The first-order valence-electron chi connectivity index (χ1n) is 3.04. The highest BCUT2D eigenvalue weighted by atomic mass is 79.9. The molecular formula is C6H2BrClFN3. The molecule has 0 aliphatic heterocycles. The molecule has 0 aliphatic carbocycles. The maximum atomic E-state index is 12.7. The zero-order chi connectivity index (χ0) is 8.72. The highest BCUT2D eigenvalue weighted by Crippen LogP contribution is 2.17. The fourth-order valence-electron chi connectivity index (χ4n) is 0.890. The molecule has 0 atom stereocenters. The zero-order valence-corrected chi connectivity index (χ0v) is 7.97. The molecule has 0 unspecified atom stereocenters. The third-order valence-electron chi connectivity index (χ3n) is 1.33. The minimum absolute atomic E-state index is 0.244. The molecule has 0 saturated carbocycles. The molecule has 0 bridgehead atoms. The highest BCUT2D eigenvalue weighted by Gasteiger charge is 2.06. The van der Waals surface area contributed by atoms with Gasteiger partial charge in [-0.15, -0.1) is 5.10 Å². The predicted octanol–water partition coefficient (Wildman–Crippen LogP) is 2.28. The average molecular weight is 250 g/mol. The van der Waals surface area contributed by atoms with Crippen molar-refractivity contribution in [2.45, 2.75) is 0 Å². The Hall–Kier alpha value is -0.680. The fourth-order valence-corrected chi connectivity index (χ4v) is 1.46. The van der Waals surface area contributed by atoms with Crippen LogP contribution in [-0.4, -0.2) is 14.6 Å². The first-order valence-corrected chi connectivity index (χ1v) is 4.21. The molecule has 0 amide bonds. The Morgan fingerprint density at radius 2 is 2.33 bits per heavy atom. The van der Waals surface area contributed by atoms with Crippen LogP contribution >= 0.6 is 27.5 Å². The second-order valence-electron chi connectivity index (χ2n) is 2.16.